The highest BCUT2D eigenvalue weighted by molar-refractivity contribution is 5.79. The van der Waals surface area contributed by atoms with Crippen molar-refractivity contribution in [1.82, 2.24) is 9.80 Å². The summed E-state index contributed by atoms with van der Waals surface area (Å²) in [7, 11) is 0. The predicted octanol–water partition coefficient (Wildman–Crippen LogP) is 0.263. The van der Waals surface area contributed by atoms with Crippen LogP contribution < -0.4 is 0 Å². The molecule has 3 aliphatic heterocycles. The second kappa shape index (κ2) is 6.75. The molecule has 0 aliphatic carbocycles. The van der Waals surface area contributed by atoms with Crippen LogP contribution in [-0.4, -0.2) is 73.7 Å². The summed E-state index contributed by atoms with van der Waals surface area (Å²) in [5.74, 6) is 0.383. The average molecular weight is 296 g/mol. The lowest BCUT2D eigenvalue weighted by Crippen LogP contribution is -2.47. The minimum absolute atomic E-state index is 0.0593. The van der Waals surface area contributed by atoms with Crippen LogP contribution in [0.25, 0.3) is 0 Å². The number of carbonyl (C=O) groups is 2. The quantitative estimate of drug-likeness (QED) is 0.699. The van der Waals surface area contributed by atoms with Crippen molar-refractivity contribution in [2.45, 2.75) is 31.8 Å². The molecule has 0 bridgehead atoms. The smallest absolute Gasteiger partial charge is 0.306 e. The number of piperidine rings is 1. The van der Waals surface area contributed by atoms with E-state index in [1.807, 2.05) is 4.90 Å². The zero-order chi connectivity index (χ0) is 14.7. The van der Waals surface area contributed by atoms with E-state index in [0.29, 0.717) is 25.5 Å². The van der Waals surface area contributed by atoms with Gasteiger partial charge < -0.3 is 14.4 Å². The van der Waals surface area contributed by atoms with Crippen molar-refractivity contribution in [2.24, 2.45) is 5.92 Å². The van der Waals surface area contributed by atoms with Crippen LogP contribution in [0, 0.1) is 5.92 Å². The number of hydrogen-bond acceptors (Lipinski definition) is 5. The first-order valence-electron chi connectivity index (χ1n) is 8.01. The summed E-state index contributed by atoms with van der Waals surface area (Å²) in [6.45, 7) is 5.47. The van der Waals surface area contributed by atoms with Gasteiger partial charge in [0.2, 0.25) is 5.91 Å². The van der Waals surface area contributed by atoms with Crippen LogP contribution in [0.1, 0.15) is 25.7 Å². The molecule has 3 fully saturated rings. The molecule has 3 heterocycles. The number of carbonyl (C=O) groups excluding carboxylic acids is 2. The summed E-state index contributed by atoms with van der Waals surface area (Å²) in [5.41, 5.74) is 0. The van der Waals surface area contributed by atoms with Gasteiger partial charge in [-0.1, -0.05) is 0 Å². The summed E-state index contributed by atoms with van der Waals surface area (Å²) in [4.78, 5) is 27.8. The molecule has 118 valence electrons. The van der Waals surface area contributed by atoms with Gasteiger partial charge in [0.05, 0.1) is 13.2 Å². The van der Waals surface area contributed by atoms with E-state index < -0.39 is 0 Å². The van der Waals surface area contributed by atoms with Crippen LogP contribution in [0.3, 0.4) is 0 Å². The van der Waals surface area contributed by atoms with E-state index in [-0.39, 0.29) is 18.0 Å². The number of nitrogens with zero attached hydrogens (tertiary/aromatic N) is 2. The molecule has 0 unspecified atom stereocenters. The molecular formula is C15H24N2O4. The van der Waals surface area contributed by atoms with Crippen molar-refractivity contribution < 1.29 is 19.1 Å². The van der Waals surface area contributed by atoms with Crippen LogP contribution in [0.2, 0.25) is 0 Å². The van der Waals surface area contributed by atoms with Gasteiger partial charge >= 0.3 is 5.97 Å². The lowest BCUT2D eigenvalue weighted by molar-refractivity contribution is -0.142. The third kappa shape index (κ3) is 3.74. The molecule has 3 rings (SSSR count). The Balaban J connectivity index is 1.42. The van der Waals surface area contributed by atoms with Gasteiger partial charge in [0.15, 0.2) is 0 Å². The monoisotopic (exact) mass is 296 g/mol. The highest BCUT2D eigenvalue weighted by atomic mass is 16.5. The Kier molecular flexibility index (Phi) is 4.75. The largest absolute Gasteiger partial charge is 0.461 e. The number of amides is 1. The van der Waals surface area contributed by atoms with Crippen molar-refractivity contribution in [3.8, 4) is 0 Å². The average Bonchev–Trinajstić information content (AvgIpc) is 2.93. The van der Waals surface area contributed by atoms with Gasteiger partial charge in [0.1, 0.15) is 6.10 Å². The van der Waals surface area contributed by atoms with Crippen LogP contribution in [0.15, 0.2) is 0 Å². The molecule has 0 saturated carbocycles. The third-order valence-corrected chi connectivity index (χ3v) is 4.69. The fraction of sp³-hybridized carbons (Fsp3) is 0.867. The predicted molar refractivity (Wildman–Crippen MR) is 75.7 cm³/mol. The van der Waals surface area contributed by atoms with Gasteiger partial charge in [-0.25, -0.2) is 0 Å². The molecule has 6 nitrogen and oxygen atoms in total. The van der Waals surface area contributed by atoms with E-state index in [1.54, 1.807) is 0 Å². The van der Waals surface area contributed by atoms with E-state index in [1.165, 1.54) is 0 Å². The minimum atomic E-state index is -0.0719. The van der Waals surface area contributed by atoms with E-state index >= 15 is 0 Å². The standard InChI is InChI=1S/C15H24N2O4/c18-14-2-1-13(21-14)11-16-5-3-12(4-6-16)15(19)17-7-9-20-10-8-17/h12-13H,1-11H2/t13-/m0/s1. The van der Waals surface area contributed by atoms with Crippen molar-refractivity contribution >= 4 is 11.9 Å². The highest BCUT2D eigenvalue weighted by Gasteiger charge is 2.31. The second-order valence-electron chi connectivity index (χ2n) is 6.16. The number of morpholine rings is 1. The molecular weight excluding hydrogens is 272 g/mol. The number of likely N-dealkylation sites (tertiary alicyclic amines) is 1. The Morgan fingerprint density at radius 1 is 1.10 bits per heavy atom. The molecule has 6 heteroatoms. The van der Waals surface area contributed by atoms with Crippen molar-refractivity contribution in [1.29, 1.82) is 0 Å². The Morgan fingerprint density at radius 2 is 1.81 bits per heavy atom. The summed E-state index contributed by atoms with van der Waals surface area (Å²) in [5, 5.41) is 0. The van der Waals surface area contributed by atoms with Gasteiger partial charge in [-0.3, -0.25) is 14.5 Å². The normalized spacial score (nSPS) is 28.7. The molecule has 0 aromatic heterocycles. The number of esters is 1. The van der Waals surface area contributed by atoms with Gasteiger partial charge in [-0.05, 0) is 32.4 Å². The molecule has 21 heavy (non-hydrogen) atoms. The minimum Gasteiger partial charge on any atom is -0.461 e. The maximum Gasteiger partial charge on any atom is 0.306 e. The van der Waals surface area contributed by atoms with E-state index in [4.69, 9.17) is 9.47 Å². The summed E-state index contributed by atoms with van der Waals surface area (Å²) < 4.78 is 10.6. The topological polar surface area (TPSA) is 59.1 Å². The number of rotatable bonds is 3. The Morgan fingerprint density at radius 3 is 2.43 bits per heavy atom. The molecule has 3 aliphatic rings. The lowest BCUT2D eigenvalue weighted by atomic mass is 9.95. The lowest BCUT2D eigenvalue weighted by Gasteiger charge is -2.36. The number of hydrogen-bond donors (Lipinski definition) is 0. The fourth-order valence-electron chi connectivity index (χ4n) is 3.40. The Hall–Kier alpha value is -1.14. The van der Waals surface area contributed by atoms with Gasteiger partial charge in [0.25, 0.3) is 0 Å². The van der Waals surface area contributed by atoms with E-state index in [9.17, 15) is 9.59 Å². The molecule has 0 aromatic carbocycles. The van der Waals surface area contributed by atoms with Crippen molar-refractivity contribution in [3.63, 3.8) is 0 Å². The highest BCUT2D eigenvalue weighted by Crippen LogP contribution is 2.22. The second-order valence-corrected chi connectivity index (χ2v) is 6.16. The molecule has 1 amide bonds. The summed E-state index contributed by atoms with van der Waals surface area (Å²) in [6.07, 6.45) is 3.28. The van der Waals surface area contributed by atoms with E-state index in [2.05, 4.69) is 4.90 Å². The maximum absolute atomic E-state index is 12.4. The molecule has 1 atom stereocenters. The fourth-order valence-corrected chi connectivity index (χ4v) is 3.40. The Bertz CT molecular complexity index is 387. The van der Waals surface area contributed by atoms with Gasteiger partial charge in [-0.15, -0.1) is 0 Å². The maximum atomic E-state index is 12.4. The molecule has 0 aromatic rings. The first-order chi connectivity index (χ1) is 10.2. The Labute approximate surface area is 125 Å². The van der Waals surface area contributed by atoms with E-state index in [0.717, 1.165) is 52.0 Å². The number of ether oxygens (including phenoxy) is 2. The number of cyclic esters (lactones) is 1. The summed E-state index contributed by atoms with van der Waals surface area (Å²) in [6, 6.07) is 0. The zero-order valence-electron chi connectivity index (χ0n) is 12.5. The van der Waals surface area contributed by atoms with Gasteiger partial charge in [-0.2, -0.15) is 0 Å². The first kappa shape index (κ1) is 14.8. The first-order valence-corrected chi connectivity index (χ1v) is 8.01. The molecule has 0 N–H and O–H groups in total. The molecule has 0 spiro atoms. The third-order valence-electron chi connectivity index (χ3n) is 4.69. The van der Waals surface area contributed by atoms with Crippen molar-refractivity contribution in [3.05, 3.63) is 0 Å². The van der Waals surface area contributed by atoms with Gasteiger partial charge in [0, 0.05) is 32.0 Å². The summed E-state index contributed by atoms with van der Waals surface area (Å²) >= 11 is 0. The van der Waals surface area contributed by atoms with Crippen LogP contribution in [-0.2, 0) is 19.1 Å². The van der Waals surface area contributed by atoms with Crippen molar-refractivity contribution in [2.75, 3.05) is 45.9 Å². The van der Waals surface area contributed by atoms with Crippen LogP contribution >= 0.6 is 0 Å². The molecule has 3 saturated heterocycles. The zero-order valence-corrected chi connectivity index (χ0v) is 12.5. The molecule has 0 radical (unpaired) electrons. The SMILES string of the molecule is O=C1CC[C@@H](CN2CCC(C(=O)N3CCOCC3)CC2)O1. The van der Waals surface area contributed by atoms with Crippen LogP contribution in [0.4, 0.5) is 0 Å². The van der Waals surface area contributed by atoms with Crippen LogP contribution in [0.5, 0.6) is 0 Å².